The molecule has 0 bridgehead atoms. The topological polar surface area (TPSA) is 0 Å². The highest BCUT2D eigenvalue weighted by atomic mass is 13.8. The average molecular weight is 115 g/mol. The Hall–Kier alpha value is -1.22. The van der Waals surface area contributed by atoms with Gasteiger partial charge in [-0.1, -0.05) is 30.0 Å². The smallest absolute Gasteiger partial charge is 0.0245 e. The van der Waals surface area contributed by atoms with Gasteiger partial charge in [0.1, 0.15) is 0 Å². The molecule has 0 amide bonds. The van der Waals surface area contributed by atoms with Gasteiger partial charge in [-0.05, 0) is 12.1 Å². The van der Waals surface area contributed by atoms with E-state index in [2.05, 4.69) is 18.8 Å². The Morgan fingerprint density at radius 2 is 1.78 bits per heavy atom. The molecular weight excluding hydrogens is 108 g/mol. The largest absolute Gasteiger partial charge is 0.0969 e. The second kappa shape index (κ2) is 2.94. The molecule has 43 valence electrons. The van der Waals surface area contributed by atoms with Gasteiger partial charge in [-0.3, -0.25) is 0 Å². The lowest BCUT2D eigenvalue weighted by atomic mass is 10.2. The molecule has 0 spiro atoms. The number of hydrogen-bond donors (Lipinski definition) is 0. The van der Waals surface area contributed by atoms with Crippen LogP contribution in [0.15, 0.2) is 30.3 Å². The molecular formula is C9H7. The van der Waals surface area contributed by atoms with Crippen molar-refractivity contribution in [3.63, 3.8) is 0 Å². The SMILES string of the molecule is [CH2]C#Cc1ccccc1. The maximum atomic E-state index is 3.42. The standard InChI is InChI=1S/C9H7/c1-2-6-9-7-4-3-5-8-9/h3-5,7-8H,1H2. The predicted molar refractivity (Wildman–Crippen MR) is 38.7 cm³/mol. The summed E-state index contributed by atoms with van der Waals surface area (Å²) < 4.78 is 0. The zero-order chi connectivity index (χ0) is 6.53. The van der Waals surface area contributed by atoms with E-state index in [9.17, 15) is 0 Å². The highest BCUT2D eigenvalue weighted by Gasteiger charge is 1.77. The van der Waals surface area contributed by atoms with Crippen LogP contribution in [-0.4, -0.2) is 0 Å². The van der Waals surface area contributed by atoms with E-state index in [1.807, 2.05) is 30.3 Å². The maximum Gasteiger partial charge on any atom is 0.0245 e. The van der Waals surface area contributed by atoms with Gasteiger partial charge >= 0.3 is 0 Å². The van der Waals surface area contributed by atoms with E-state index in [4.69, 9.17) is 0 Å². The third-order valence-corrected chi connectivity index (χ3v) is 1.01. The Kier molecular flexibility index (Phi) is 1.93. The summed E-state index contributed by atoms with van der Waals surface area (Å²) in [6.45, 7) is 3.42. The summed E-state index contributed by atoms with van der Waals surface area (Å²) in [5.74, 6) is 5.43. The lowest BCUT2D eigenvalue weighted by molar-refractivity contribution is 1.65. The van der Waals surface area contributed by atoms with Crippen molar-refractivity contribution >= 4 is 0 Å². The van der Waals surface area contributed by atoms with Crippen LogP contribution < -0.4 is 0 Å². The molecule has 0 heteroatoms. The van der Waals surface area contributed by atoms with Crippen molar-refractivity contribution < 1.29 is 0 Å². The van der Waals surface area contributed by atoms with E-state index < -0.39 is 0 Å². The molecule has 1 aromatic carbocycles. The van der Waals surface area contributed by atoms with Gasteiger partial charge in [-0.25, -0.2) is 0 Å². The Morgan fingerprint density at radius 1 is 1.11 bits per heavy atom. The van der Waals surface area contributed by atoms with Crippen molar-refractivity contribution in [2.45, 2.75) is 0 Å². The van der Waals surface area contributed by atoms with Crippen LogP contribution in [0.5, 0.6) is 0 Å². The van der Waals surface area contributed by atoms with E-state index in [-0.39, 0.29) is 0 Å². The molecule has 9 heavy (non-hydrogen) atoms. The van der Waals surface area contributed by atoms with Gasteiger partial charge in [0.15, 0.2) is 0 Å². The maximum absolute atomic E-state index is 3.42. The van der Waals surface area contributed by atoms with Gasteiger partial charge in [0.25, 0.3) is 0 Å². The highest BCUT2D eigenvalue weighted by Crippen LogP contribution is 1.93. The fraction of sp³-hybridized carbons (Fsp3) is 0. The first kappa shape index (κ1) is 5.91. The summed E-state index contributed by atoms with van der Waals surface area (Å²) in [7, 11) is 0. The molecule has 0 N–H and O–H groups in total. The van der Waals surface area contributed by atoms with E-state index >= 15 is 0 Å². The lowest BCUT2D eigenvalue weighted by Gasteiger charge is -1.83. The zero-order valence-corrected chi connectivity index (χ0v) is 5.09. The van der Waals surface area contributed by atoms with Crippen molar-refractivity contribution in [2.75, 3.05) is 0 Å². The number of rotatable bonds is 0. The Morgan fingerprint density at radius 3 is 2.33 bits per heavy atom. The van der Waals surface area contributed by atoms with Crippen LogP contribution in [-0.2, 0) is 0 Å². The van der Waals surface area contributed by atoms with Crippen LogP contribution in [0.25, 0.3) is 0 Å². The van der Waals surface area contributed by atoms with Crippen LogP contribution in [0.4, 0.5) is 0 Å². The number of hydrogen-bond acceptors (Lipinski definition) is 0. The quantitative estimate of drug-likeness (QED) is 0.453. The summed E-state index contributed by atoms with van der Waals surface area (Å²) in [6, 6.07) is 9.80. The molecule has 0 atom stereocenters. The van der Waals surface area contributed by atoms with Crippen molar-refractivity contribution in [2.24, 2.45) is 0 Å². The zero-order valence-electron chi connectivity index (χ0n) is 5.09. The van der Waals surface area contributed by atoms with Crippen molar-refractivity contribution in [1.82, 2.24) is 0 Å². The molecule has 0 saturated heterocycles. The molecule has 0 fully saturated rings. The third kappa shape index (κ3) is 1.62. The number of benzene rings is 1. The Bertz CT molecular complexity index is 223. The summed E-state index contributed by atoms with van der Waals surface area (Å²) >= 11 is 0. The van der Waals surface area contributed by atoms with Gasteiger partial charge in [-0.15, -0.1) is 0 Å². The molecule has 0 saturated carbocycles. The Labute approximate surface area is 55.5 Å². The molecule has 0 aliphatic rings. The molecule has 0 aromatic heterocycles. The van der Waals surface area contributed by atoms with Gasteiger partial charge in [0.05, 0.1) is 0 Å². The van der Waals surface area contributed by atoms with E-state index in [1.54, 1.807) is 0 Å². The first-order valence-corrected chi connectivity index (χ1v) is 2.76. The molecule has 0 nitrogen and oxygen atoms in total. The van der Waals surface area contributed by atoms with Crippen molar-refractivity contribution in [3.05, 3.63) is 42.8 Å². The van der Waals surface area contributed by atoms with Gasteiger partial charge in [-0.2, -0.15) is 0 Å². The minimum atomic E-state index is 1.02. The van der Waals surface area contributed by atoms with Crippen LogP contribution in [0, 0.1) is 18.8 Å². The van der Waals surface area contributed by atoms with E-state index in [1.165, 1.54) is 0 Å². The van der Waals surface area contributed by atoms with Crippen LogP contribution >= 0.6 is 0 Å². The van der Waals surface area contributed by atoms with Crippen molar-refractivity contribution in [1.29, 1.82) is 0 Å². The normalized spacial score (nSPS) is 7.67. The summed E-state index contributed by atoms with van der Waals surface area (Å²) in [5.41, 5.74) is 1.02. The van der Waals surface area contributed by atoms with Gasteiger partial charge in [0, 0.05) is 12.5 Å². The first-order chi connectivity index (χ1) is 4.43. The summed E-state index contributed by atoms with van der Waals surface area (Å²) in [5, 5.41) is 0. The fourth-order valence-corrected chi connectivity index (χ4v) is 0.624. The molecule has 0 heterocycles. The van der Waals surface area contributed by atoms with E-state index in [0.717, 1.165) is 5.56 Å². The minimum absolute atomic E-state index is 1.02. The average Bonchev–Trinajstić information content (AvgIpc) is 1.91. The lowest BCUT2D eigenvalue weighted by Crippen LogP contribution is -1.67. The third-order valence-electron chi connectivity index (χ3n) is 1.01. The van der Waals surface area contributed by atoms with Crippen LogP contribution in [0.1, 0.15) is 5.56 Å². The second-order valence-electron chi connectivity index (χ2n) is 1.67. The first-order valence-electron chi connectivity index (χ1n) is 2.76. The molecule has 0 aliphatic heterocycles. The second-order valence-corrected chi connectivity index (χ2v) is 1.67. The van der Waals surface area contributed by atoms with Gasteiger partial charge < -0.3 is 0 Å². The fourth-order valence-electron chi connectivity index (χ4n) is 0.624. The summed E-state index contributed by atoms with van der Waals surface area (Å²) in [6.07, 6.45) is 0. The van der Waals surface area contributed by atoms with Crippen LogP contribution in [0.2, 0.25) is 0 Å². The predicted octanol–water partition coefficient (Wildman–Crippen LogP) is 1.87. The summed E-state index contributed by atoms with van der Waals surface area (Å²) in [4.78, 5) is 0. The Balaban J connectivity index is 2.94. The molecule has 0 aliphatic carbocycles. The molecule has 1 radical (unpaired) electrons. The highest BCUT2D eigenvalue weighted by molar-refractivity contribution is 5.33. The minimum Gasteiger partial charge on any atom is -0.0969 e. The monoisotopic (exact) mass is 115 g/mol. The molecule has 0 unspecified atom stereocenters. The molecule has 1 rings (SSSR count). The van der Waals surface area contributed by atoms with Crippen molar-refractivity contribution in [3.8, 4) is 11.8 Å². The van der Waals surface area contributed by atoms with Crippen LogP contribution in [0.3, 0.4) is 0 Å². The van der Waals surface area contributed by atoms with Gasteiger partial charge in [0.2, 0.25) is 0 Å². The van der Waals surface area contributed by atoms with E-state index in [0.29, 0.717) is 0 Å². The molecule has 1 aromatic rings.